The Morgan fingerprint density at radius 1 is 1.17 bits per heavy atom. The van der Waals surface area contributed by atoms with E-state index in [1.165, 1.54) is 14.2 Å². The Labute approximate surface area is 178 Å². The number of hydrogen-bond donors (Lipinski definition) is 3. The van der Waals surface area contributed by atoms with Gasteiger partial charge < -0.3 is 20.2 Å². The number of nitrogens with zero attached hydrogens (tertiary/aromatic N) is 1. The fourth-order valence-electron chi connectivity index (χ4n) is 2.91. The standard InChI is InChI=1S/C21H21ClN4O4/c1-29-20(27)14-5-3-4-12(10-14)11-16(23)19-25-17(18(22)26-19)13-6-8-15(9-7-13)24-21(28)30-2/h3-10,16H,11,23H2,1-2H3,(H,24,28)(H,25,26). The highest BCUT2D eigenvalue weighted by molar-refractivity contribution is 6.31. The van der Waals surface area contributed by atoms with Crippen LogP contribution in [0.15, 0.2) is 48.5 Å². The number of nitrogens with one attached hydrogen (secondary N) is 2. The average Bonchev–Trinajstić information content (AvgIpc) is 3.15. The van der Waals surface area contributed by atoms with E-state index < -0.39 is 18.1 Å². The van der Waals surface area contributed by atoms with Crippen molar-refractivity contribution in [2.45, 2.75) is 12.5 Å². The molecule has 0 spiro atoms. The number of nitrogens with two attached hydrogens (primary N) is 1. The molecule has 30 heavy (non-hydrogen) atoms. The minimum Gasteiger partial charge on any atom is -0.465 e. The van der Waals surface area contributed by atoms with Crippen LogP contribution in [-0.4, -0.2) is 36.3 Å². The molecule has 1 heterocycles. The summed E-state index contributed by atoms with van der Waals surface area (Å²) in [6.45, 7) is 0. The van der Waals surface area contributed by atoms with Crippen LogP contribution in [0.3, 0.4) is 0 Å². The van der Waals surface area contributed by atoms with Gasteiger partial charge in [0, 0.05) is 11.3 Å². The number of halogens is 1. The van der Waals surface area contributed by atoms with Gasteiger partial charge in [-0.15, -0.1) is 0 Å². The van der Waals surface area contributed by atoms with Crippen molar-refractivity contribution in [2.24, 2.45) is 5.73 Å². The fourth-order valence-corrected chi connectivity index (χ4v) is 3.16. The van der Waals surface area contributed by atoms with E-state index in [9.17, 15) is 9.59 Å². The number of esters is 1. The van der Waals surface area contributed by atoms with Gasteiger partial charge in [-0.05, 0) is 36.2 Å². The number of aromatic amines is 1. The molecule has 0 radical (unpaired) electrons. The molecule has 0 aliphatic carbocycles. The van der Waals surface area contributed by atoms with Crippen molar-refractivity contribution in [3.8, 4) is 11.3 Å². The average molecular weight is 429 g/mol. The first kappa shape index (κ1) is 21.4. The van der Waals surface area contributed by atoms with E-state index in [2.05, 4.69) is 20.0 Å². The highest BCUT2D eigenvalue weighted by atomic mass is 35.5. The first-order chi connectivity index (χ1) is 14.4. The summed E-state index contributed by atoms with van der Waals surface area (Å²) in [6.07, 6.45) is -0.0964. The van der Waals surface area contributed by atoms with Gasteiger partial charge in [0.2, 0.25) is 0 Å². The van der Waals surface area contributed by atoms with Gasteiger partial charge in [0.25, 0.3) is 0 Å². The van der Waals surface area contributed by atoms with Crippen LogP contribution in [0.1, 0.15) is 27.8 Å². The van der Waals surface area contributed by atoms with Crippen LogP contribution in [0.2, 0.25) is 5.15 Å². The Morgan fingerprint density at radius 2 is 1.90 bits per heavy atom. The van der Waals surface area contributed by atoms with Gasteiger partial charge in [-0.1, -0.05) is 35.9 Å². The second kappa shape index (κ2) is 9.43. The number of carbonyl (C=O) groups excluding carboxylic acids is 2. The molecule has 0 saturated heterocycles. The summed E-state index contributed by atoms with van der Waals surface area (Å²) in [7, 11) is 2.63. The number of ether oxygens (including phenoxy) is 2. The third kappa shape index (κ3) is 4.97. The Balaban J connectivity index is 1.75. The van der Waals surface area contributed by atoms with Crippen LogP contribution in [0, 0.1) is 0 Å². The SMILES string of the molecule is COC(=O)Nc1ccc(-c2nc(C(N)Cc3cccc(C(=O)OC)c3)[nH]c2Cl)cc1. The Morgan fingerprint density at radius 3 is 2.57 bits per heavy atom. The van der Waals surface area contributed by atoms with Crippen LogP contribution < -0.4 is 11.1 Å². The van der Waals surface area contributed by atoms with Crippen LogP contribution in [0.4, 0.5) is 10.5 Å². The van der Waals surface area contributed by atoms with Gasteiger partial charge in [-0.2, -0.15) is 0 Å². The van der Waals surface area contributed by atoms with Crippen molar-refractivity contribution >= 4 is 29.4 Å². The first-order valence-corrected chi connectivity index (χ1v) is 9.42. The van der Waals surface area contributed by atoms with Gasteiger partial charge in [0.1, 0.15) is 16.7 Å². The Hall–Kier alpha value is -3.36. The van der Waals surface area contributed by atoms with Crippen molar-refractivity contribution in [2.75, 3.05) is 19.5 Å². The van der Waals surface area contributed by atoms with Crippen molar-refractivity contribution in [3.05, 3.63) is 70.6 Å². The van der Waals surface area contributed by atoms with E-state index in [1.54, 1.807) is 42.5 Å². The molecular formula is C21H21ClN4O4. The molecule has 3 aromatic rings. The summed E-state index contributed by atoms with van der Waals surface area (Å²) in [5, 5.41) is 2.94. The number of hydrogen-bond acceptors (Lipinski definition) is 6. The van der Waals surface area contributed by atoms with E-state index in [4.69, 9.17) is 22.1 Å². The van der Waals surface area contributed by atoms with Crippen LogP contribution >= 0.6 is 11.6 Å². The minimum absolute atomic E-state index is 0.359. The number of aromatic nitrogens is 2. The second-order valence-corrected chi connectivity index (χ2v) is 6.86. The largest absolute Gasteiger partial charge is 0.465 e. The number of H-pyrrole nitrogens is 1. The summed E-state index contributed by atoms with van der Waals surface area (Å²) in [5.41, 5.74) is 9.54. The van der Waals surface area contributed by atoms with Gasteiger partial charge in [0.05, 0.1) is 25.8 Å². The normalized spacial score (nSPS) is 11.6. The van der Waals surface area contributed by atoms with E-state index >= 15 is 0 Å². The third-order valence-corrected chi connectivity index (χ3v) is 4.70. The predicted octanol–water partition coefficient (Wildman–Crippen LogP) is 3.94. The predicted molar refractivity (Wildman–Crippen MR) is 113 cm³/mol. The van der Waals surface area contributed by atoms with Gasteiger partial charge >= 0.3 is 12.1 Å². The van der Waals surface area contributed by atoms with Gasteiger partial charge in [-0.3, -0.25) is 5.32 Å². The molecule has 1 aromatic heterocycles. The lowest BCUT2D eigenvalue weighted by atomic mass is 10.0. The molecular weight excluding hydrogens is 408 g/mol. The number of imidazole rings is 1. The molecule has 8 nitrogen and oxygen atoms in total. The van der Waals surface area contributed by atoms with Crippen molar-refractivity contribution < 1.29 is 19.1 Å². The highest BCUT2D eigenvalue weighted by Gasteiger charge is 2.17. The maximum atomic E-state index is 11.7. The smallest absolute Gasteiger partial charge is 0.411 e. The van der Waals surface area contributed by atoms with E-state index in [-0.39, 0.29) is 0 Å². The summed E-state index contributed by atoms with van der Waals surface area (Å²) in [4.78, 5) is 30.5. The van der Waals surface area contributed by atoms with Crippen LogP contribution in [0.5, 0.6) is 0 Å². The summed E-state index contributed by atoms with van der Waals surface area (Å²) >= 11 is 6.33. The van der Waals surface area contributed by atoms with Crippen molar-refractivity contribution in [3.63, 3.8) is 0 Å². The zero-order valence-corrected chi connectivity index (χ0v) is 17.2. The minimum atomic E-state index is -0.551. The van der Waals surface area contributed by atoms with Crippen molar-refractivity contribution in [1.29, 1.82) is 0 Å². The fraction of sp³-hybridized carbons (Fsp3) is 0.190. The van der Waals surface area contributed by atoms with Crippen LogP contribution in [-0.2, 0) is 15.9 Å². The topological polar surface area (TPSA) is 119 Å². The first-order valence-electron chi connectivity index (χ1n) is 9.05. The molecule has 156 valence electrons. The molecule has 3 rings (SSSR count). The van der Waals surface area contributed by atoms with E-state index in [1.807, 2.05) is 6.07 Å². The lowest BCUT2D eigenvalue weighted by Crippen LogP contribution is -2.15. The molecule has 0 aliphatic heterocycles. The Bertz CT molecular complexity index is 1050. The molecule has 0 bridgehead atoms. The number of carbonyl (C=O) groups is 2. The lowest BCUT2D eigenvalue weighted by Gasteiger charge is -2.10. The lowest BCUT2D eigenvalue weighted by molar-refractivity contribution is 0.0600. The van der Waals surface area contributed by atoms with Gasteiger partial charge in [0.15, 0.2) is 0 Å². The molecule has 9 heteroatoms. The number of amides is 1. The molecule has 0 aliphatic rings. The van der Waals surface area contributed by atoms with E-state index in [0.717, 1.165) is 11.1 Å². The zero-order valence-electron chi connectivity index (χ0n) is 16.4. The summed E-state index contributed by atoms with van der Waals surface area (Å²) in [6, 6.07) is 13.6. The number of methoxy groups -OCH3 is 2. The molecule has 1 atom stereocenters. The molecule has 0 fully saturated rings. The quantitative estimate of drug-likeness (QED) is 0.511. The maximum absolute atomic E-state index is 11.7. The molecule has 1 unspecified atom stereocenters. The highest BCUT2D eigenvalue weighted by Crippen LogP contribution is 2.29. The zero-order chi connectivity index (χ0) is 21.7. The number of rotatable bonds is 6. The summed E-state index contributed by atoms with van der Waals surface area (Å²) in [5.74, 6) is 0.120. The monoisotopic (exact) mass is 428 g/mol. The molecule has 0 saturated carbocycles. The number of anilines is 1. The maximum Gasteiger partial charge on any atom is 0.411 e. The molecule has 4 N–H and O–H groups in total. The van der Waals surface area contributed by atoms with Gasteiger partial charge in [-0.25, -0.2) is 14.6 Å². The molecule has 1 amide bonds. The second-order valence-electron chi connectivity index (χ2n) is 6.48. The van der Waals surface area contributed by atoms with Crippen molar-refractivity contribution in [1.82, 2.24) is 9.97 Å². The van der Waals surface area contributed by atoms with E-state index in [0.29, 0.717) is 34.3 Å². The third-order valence-electron chi connectivity index (χ3n) is 4.42. The van der Waals surface area contributed by atoms with Crippen LogP contribution in [0.25, 0.3) is 11.3 Å². The molecule has 2 aromatic carbocycles. The Kier molecular flexibility index (Phi) is 6.71. The number of benzene rings is 2. The summed E-state index contributed by atoms with van der Waals surface area (Å²) < 4.78 is 9.31.